The molecule has 1 aliphatic rings. The molecule has 30 heavy (non-hydrogen) atoms. The van der Waals surface area contributed by atoms with E-state index >= 15 is 0 Å². The molecule has 3 N–H and O–H groups in total. The molecule has 1 saturated heterocycles. The zero-order valence-corrected chi connectivity index (χ0v) is 17.8. The zero-order chi connectivity index (χ0) is 22.7. The van der Waals surface area contributed by atoms with Crippen LogP contribution in [0.5, 0.6) is 0 Å². The number of hydrogen-bond acceptors (Lipinski definition) is 8. The van der Waals surface area contributed by atoms with Crippen molar-refractivity contribution in [3.63, 3.8) is 0 Å². The van der Waals surface area contributed by atoms with Gasteiger partial charge in [0.1, 0.15) is 12.3 Å². The summed E-state index contributed by atoms with van der Waals surface area (Å²) >= 11 is 0. The van der Waals surface area contributed by atoms with Crippen LogP contribution >= 0.6 is 0 Å². The number of aldehydes is 1. The number of carbonyl (C=O) groups excluding carboxylic acids is 1. The van der Waals surface area contributed by atoms with Gasteiger partial charge in [-0.2, -0.15) is 0 Å². The zero-order valence-electron chi connectivity index (χ0n) is 17.8. The van der Waals surface area contributed by atoms with Crippen molar-refractivity contribution in [2.24, 2.45) is 5.92 Å². The average molecular weight is 431 g/mol. The van der Waals surface area contributed by atoms with E-state index in [0.717, 1.165) is 6.29 Å². The van der Waals surface area contributed by atoms with E-state index in [4.69, 9.17) is 0 Å². The van der Waals surface area contributed by atoms with E-state index in [1.807, 2.05) is 18.7 Å². The van der Waals surface area contributed by atoms with Crippen LogP contribution in [0.1, 0.15) is 13.8 Å². The average Bonchev–Trinajstić information content (AvgIpc) is 2.62. The Morgan fingerprint density at radius 2 is 1.17 bits per heavy atom. The first kappa shape index (κ1) is 26.0. The van der Waals surface area contributed by atoms with Crippen molar-refractivity contribution in [3.05, 3.63) is 0 Å². The van der Waals surface area contributed by atoms with Crippen molar-refractivity contribution in [3.8, 4) is 0 Å². The topological polar surface area (TPSA) is 142 Å². The van der Waals surface area contributed by atoms with Gasteiger partial charge in [-0.3, -0.25) is 34.0 Å². The van der Waals surface area contributed by atoms with E-state index in [0.29, 0.717) is 52.4 Å². The molecule has 1 aliphatic heterocycles. The Labute approximate surface area is 176 Å². The highest BCUT2D eigenvalue weighted by Crippen LogP contribution is 2.12. The van der Waals surface area contributed by atoms with Gasteiger partial charge in [0.2, 0.25) is 0 Å². The first-order valence-electron chi connectivity index (χ1n) is 10.1. The number of aliphatic carboxylic acids is 3. The molecule has 0 aromatic rings. The van der Waals surface area contributed by atoms with Crippen molar-refractivity contribution in [2.45, 2.75) is 19.9 Å². The van der Waals surface area contributed by atoms with Crippen LogP contribution in [0.3, 0.4) is 0 Å². The van der Waals surface area contributed by atoms with Crippen molar-refractivity contribution in [1.82, 2.24) is 19.6 Å². The fourth-order valence-electron chi connectivity index (χ4n) is 3.68. The van der Waals surface area contributed by atoms with E-state index in [2.05, 4.69) is 0 Å². The lowest BCUT2D eigenvalue weighted by Gasteiger charge is -2.36. The third kappa shape index (κ3) is 9.61. The molecule has 0 bridgehead atoms. The summed E-state index contributed by atoms with van der Waals surface area (Å²) in [6.45, 7) is 6.61. The van der Waals surface area contributed by atoms with Crippen molar-refractivity contribution >= 4 is 24.2 Å². The lowest BCUT2D eigenvalue weighted by Crippen LogP contribution is -2.53. The van der Waals surface area contributed by atoms with Gasteiger partial charge < -0.3 is 20.1 Å². The van der Waals surface area contributed by atoms with E-state index in [-0.39, 0.29) is 25.6 Å². The van der Waals surface area contributed by atoms with Gasteiger partial charge in [0.15, 0.2) is 0 Å². The molecule has 11 nitrogen and oxygen atoms in total. The molecule has 0 aromatic carbocycles. The van der Waals surface area contributed by atoms with Crippen LogP contribution in [0.4, 0.5) is 0 Å². The number of carbonyl (C=O) groups is 4. The highest BCUT2D eigenvalue weighted by atomic mass is 16.4. The maximum atomic E-state index is 11.9. The Morgan fingerprint density at radius 1 is 0.767 bits per heavy atom. The molecule has 172 valence electrons. The smallest absolute Gasteiger partial charge is 0.321 e. The predicted molar refractivity (Wildman–Crippen MR) is 108 cm³/mol. The van der Waals surface area contributed by atoms with E-state index in [1.54, 1.807) is 14.7 Å². The number of hydrogen-bond donors (Lipinski definition) is 3. The van der Waals surface area contributed by atoms with Gasteiger partial charge in [-0.1, -0.05) is 13.8 Å². The minimum absolute atomic E-state index is 0.167. The van der Waals surface area contributed by atoms with E-state index in [9.17, 15) is 34.5 Å². The quantitative estimate of drug-likeness (QED) is 0.375. The number of rotatable bonds is 9. The standard InChI is InChI=1S/C19H34N4O7/c1-15(2)18(19(29)30)23-9-7-21(13-16(25)26)5-3-20(11-12-24)4-6-22(8-10-23)14-17(27)28/h12,15,18H,3-11,13-14H2,1-2H3,(H,25,26)(H,27,28)(H,29,30). The predicted octanol–water partition coefficient (Wildman–Crippen LogP) is -1.31. The Bertz CT molecular complexity index is 555. The summed E-state index contributed by atoms with van der Waals surface area (Å²) in [5.41, 5.74) is 0. The molecule has 0 aliphatic carbocycles. The molecule has 0 spiro atoms. The summed E-state index contributed by atoms with van der Waals surface area (Å²) in [6, 6.07) is -0.752. The van der Waals surface area contributed by atoms with Crippen LogP contribution in [0, 0.1) is 5.92 Å². The number of carboxylic acid groups (broad SMARTS) is 3. The molecular weight excluding hydrogens is 396 g/mol. The summed E-state index contributed by atoms with van der Waals surface area (Å²) in [6.07, 6.45) is 0.775. The summed E-state index contributed by atoms with van der Waals surface area (Å²) in [5.74, 6) is -3.06. The van der Waals surface area contributed by atoms with Gasteiger partial charge in [0, 0.05) is 52.4 Å². The number of carboxylic acids is 3. The van der Waals surface area contributed by atoms with E-state index < -0.39 is 23.9 Å². The molecular formula is C19H34N4O7. The fraction of sp³-hybridized carbons (Fsp3) is 0.789. The molecule has 1 heterocycles. The third-order valence-corrected chi connectivity index (χ3v) is 5.20. The second-order valence-electron chi connectivity index (χ2n) is 7.87. The summed E-state index contributed by atoms with van der Waals surface area (Å²) in [7, 11) is 0. The first-order valence-corrected chi connectivity index (χ1v) is 10.1. The van der Waals surface area contributed by atoms with Crippen LogP contribution in [0.2, 0.25) is 0 Å². The van der Waals surface area contributed by atoms with Crippen LogP contribution in [-0.4, -0.2) is 137 Å². The van der Waals surface area contributed by atoms with Crippen LogP contribution in [0.15, 0.2) is 0 Å². The Kier molecular flexibility index (Phi) is 11.5. The summed E-state index contributed by atoms with van der Waals surface area (Å²) in [4.78, 5) is 52.5. The molecule has 0 amide bonds. The molecule has 1 unspecified atom stereocenters. The monoisotopic (exact) mass is 430 g/mol. The highest BCUT2D eigenvalue weighted by molar-refractivity contribution is 5.73. The normalized spacial score (nSPS) is 20.2. The lowest BCUT2D eigenvalue weighted by molar-refractivity contribution is -0.146. The molecule has 1 atom stereocenters. The first-order chi connectivity index (χ1) is 14.1. The van der Waals surface area contributed by atoms with Gasteiger partial charge in [0.05, 0.1) is 19.6 Å². The second kappa shape index (κ2) is 13.3. The molecule has 1 rings (SSSR count). The van der Waals surface area contributed by atoms with Gasteiger partial charge in [-0.15, -0.1) is 0 Å². The molecule has 1 fully saturated rings. The Hall–Kier alpha value is -2.08. The SMILES string of the molecule is CC(C)C(C(=O)O)N1CCN(CC(=O)O)CCN(CC=O)CCN(CC(=O)O)CC1. The molecule has 0 saturated carbocycles. The molecule has 0 aromatic heterocycles. The maximum Gasteiger partial charge on any atom is 0.321 e. The second-order valence-corrected chi connectivity index (χ2v) is 7.87. The number of nitrogens with zero attached hydrogens (tertiary/aromatic N) is 4. The lowest BCUT2D eigenvalue weighted by atomic mass is 10.0. The highest BCUT2D eigenvalue weighted by Gasteiger charge is 2.30. The van der Waals surface area contributed by atoms with Crippen molar-refractivity contribution < 1.29 is 34.5 Å². The third-order valence-electron chi connectivity index (χ3n) is 5.20. The minimum atomic E-state index is -0.971. The molecule has 11 heteroatoms. The van der Waals surface area contributed by atoms with E-state index in [1.165, 1.54) is 0 Å². The summed E-state index contributed by atoms with van der Waals surface area (Å²) in [5, 5.41) is 28.1. The van der Waals surface area contributed by atoms with Crippen molar-refractivity contribution in [2.75, 3.05) is 72.0 Å². The minimum Gasteiger partial charge on any atom is -0.480 e. The van der Waals surface area contributed by atoms with Gasteiger partial charge >= 0.3 is 17.9 Å². The van der Waals surface area contributed by atoms with Gasteiger partial charge in [0.25, 0.3) is 0 Å². The van der Waals surface area contributed by atoms with Crippen molar-refractivity contribution in [1.29, 1.82) is 0 Å². The molecule has 0 radical (unpaired) electrons. The van der Waals surface area contributed by atoms with Crippen LogP contribution < -0.4 is 0 Å². The Morgan fingerprint density at radius 3 is 1.50 bits per heavy atom. The van der Waals surface area contributed by atoms with Gasteiger partial charge in [-0.05, 0) is 5.92 Å². The van der Waals surface area contributed by atoms with Gasteiger partial charge in [-0.25, -0.2) is 0 Å². The summed E-state index contributed by atoms with van der Waals surface area (Å²) < 4.78 is 0. The fourth-order valence-corrected chi connectivity index (χ4v) is 3.68. The van der Waals surface area contributed by atoms with Crippen LogP contribution in [0.25, 0.3) is 0 Å². The largest absolute Gasteiger partial charge is 0.480 e. The maximum absolute atomic E-state index is 11.9. The van der Waals surface area contributed by atoms with Crippen LogP contribution in [-0.2, 0) is 19.2 Å². The Balaban J connectivity index is 3.07.